The zero-order valence-electron chi connectivity index (χ0n) is 19.6. The number of carbonyl (C=O) groups is 2. The maximum Gasteiger partial charge on any atom is 0.253 e. The predicted octanol–water partition coefficient (Wildman–Crippen LogP) is 3.42. The second-order valence-electron chi connectivity index (χ2n) is 8.52. The average Bonchev–Trinajstić information content (AvgIpc) is 3.29. The number of nitrogens with one attached hydrogen (secondary N) is 1. The van der Waals surface area contributed by atoms with Crippen LogP contribution in [0, 0.1) is 0 Å². The zero-order chi connectivity index (χ0) is 23.4. The lowest BCUT2D eigenvalue weighted by Crippen LogP contribution is -2.45. The summed E-state index contributed by atoms with van der Waals surface area (Å²) < 4.78 is 2.06. The van der Waals surface area contributed by atoms with Crippen molar-refractivity contribution in [2.75, 3.05) is 31.5 Å². The van der Waals surface area contributed by atoms with Gasteiger partial charge in [-0.3, -0.25) is 18.9 Å². The first-order chi connectivity index (χ1) is 16.0. The van der Waals surface area contributed by atoms with Gasteiger partial charge in [0.25, 0.3) is 5.91 Å². The van der Waals surface area contributed by atoms with Crippen LogP contribution in [0.15, 0.2) is 48.7 Å². The van der Waals surface area contributed by atoms with Crippen LogP contribution < -0.4 is 5.32 Å². The monoisotopic (exact) mass is 448 g/mol. The molecule has 8 heteroatoms. The molecule has 4 rings (SSSR count). The maximum absolute atomic E-state index is 12.9. The van der Waals surface area contributed by atoms with Crippen molar-refractivity contribution in [2.45, 2.75) is 45.6 Å². The van der Waals surface area contributed by atoms with E-state index in [1.165, 1.54) is 0 Å². The Bertz CT molecular complexity index is 1110. The van der Waals surface area contributed by atoms with Gasteiger partial charge in [0.15, 0.2) is 5.65 Å². The minimum absolute atomic E-state index is 0.0211. The lowest BCUT2D eigenvalue weighted by atomic mass is 9.95. The molecular weight excluding hydrogens is 416 g/mol. The Morgan fingerprint density at radius 1 is 1.09 bits per heavy atom. The van der Waals surface area contributed by atoms with Crippen molar-refractivity contribution in [3.63, 3.8) is 0 Å². The summed E-state index contributed by atoms with van der Waals surface area (Å²) in [4.78, 5) is 29.6. The standard InChI is InChI=1S/C25H32N6O2/c1-4-29(5-2)25(33)20-9-8-10-21(17-20)26-24(32)18(3)30-15-12-19(13-16-30)23-28-27-22-11-6-7-14-31(22)23/h6-11,14,17-19H,4-5,12-13,15-16H2,1-3H3,(H,26,32). The van der Waals surface area contributed by atoms with Crippen molar-refractivity contribution >= 4 is 23.1 Å². The molecule has 1 aliphatic heterocycles. The van der Waals surface area contributed by atoms with E-state index in [0.29, 0.717) is 30.3 Å². The van der Waals surface area contributed by atoms with Crippen molar-refractivity contribution in [1.29, 1.82) is 0 Å². The van der Waals surface area contributed by atoms with Gasteiger partial charge in [-0.1, -0.05) is 12.1 Å². The highest BCUT2D eigenvalue weighted by molar-refractivity contribution is 5.98. The molecule has 1 aromatic carbocycles. The number of nitrogens with zero attached hydrogens (tertiary/aromatic N) is 5. The van der Waals surface area contributed by atoms with Gasteiger partial charge in [-0.15, -0.1) is 10.2 Å². The van der Waals surface area contributed by atoms with Crippen molar-refractivity contribution in [1.82, 2.24) is 24.4 Å². The van der Waals surface area contributed by atoms with Crippen LogP contribution in [0.25, 0.3) is 5.65 Å². The summed E-state index contributed by atoms with van der Waals surface area (Å²) >= 11 is 0. The summed E-state index contributed by atoms with van der Waals surface area (Å²) in [5.74, 6) is 1.25. The highest BCUT2D eigenvalue weighted by Crippen LogP contribution is 2.28. The maximum atomic E-state index is 12.9. The van der Waals surface area contributed by atoms with Crippen LogP contribution in [-0.2, 0) is 4.79 Å². The van der Waals surface area contributed by atoms with Gasteiger partial charge < -0.3 is 10.2 Å². The second kappa shape index (κ2) is 10.1. The fourth-order valence-corrected chi connectivity index (χ4v) is 4.52. The molecule has 174 valence electrons. The molecule has 3 aromatic rings. The normalized spacial score (nSPS) is 16.0. The lowest BCUT2D eigenvalue weighted by Gasteiger charge is -2.34. The van der Waals surface area contributed by atoms with Gasteiger partial charge in [0.05, 0.1) is 6.04 Å². The molecule has 1 N–H and O–H groups in total. The largest absolute Gasteiger partial charge is 0.339 e. The number of pyridine rings is 1. The van der Waals surface area contributed by atoms with E-state index in [1.807, 2.05) is 57.3 Å². The molecule has 3 heterocycles. The van der Waals surface area contributed by atoms with Gasteiger partial charge in [-0.25, -0.2) is 0 Å². The van der Waals surface area contributed by atoms with Gasteiger partial charge in [-0.05, 0) is 77.0 Å². The molecule has 0 aliphatic carbocycles. The number of rotatable bonds is 7. The molecule has 0 radical (unpaired) electrons. The summed E-state index contributed by atoms with van der Waals surface area (Å²) in [5.41, 5.74) is 2.10. The minimum Gasteiger partial charge on any atom is -0.339 e. The molecule has 1 saturated heterocycles. The number of aromatic nitrogens is 3. The third kappa shape index (κ3) is 4.90. The first-order valence-corrected chi connectivity index (χ1v) is 11.8. The van der Waals surface area contributed by atoms with E-state index in [2.05, 4.69) is 24.8 Å². The van der Waals surface area contributed by atoms with Crippen molar-refractivity contribution in [3.8, 4) is 0 Å². The first kappa shape index (κ1) is 22.9. The first-order valence-electron chi connectivity index (χ1n) is 11.8. The number of carbonyl (C=O) groups excluding carboxylic acids is 2. The number of amides is 2. The average molecular weight is 449 g/mol. The second-order valence-corrected chi connectivity index (χ2v) is 8.52. The molecule has 1 unspecified atom stereocenters. The number of hydrogen-bond acceptors (Lipinski definition) is 5. The molecule has 2 amide bonds. The fourth-order valence-electron chi connectivity index (χ4n) is 4.52. The van der Waals surface area contributed by atoms with Crippen LogP contribution in [0.1, 0.15) is 55.7 Å². The quantitative estimate of drug-likeness (QED) is 0.599. The van der Waals surface area contributed by atoms with Crippen LogP contribution in [0.2, 0.25) is 0 Å². The summed E-state index contributed by atoms with van der Waals surface area (Å²) in [5, 5.41) is 11.7. The Morgan fingerprint density at radius 3 is 2.58 bits per heavy atom. The van der Waals surface area contributed by atoms with Crippen LogP contribution >= 0.6 is 0 Å². The molecule has 1 atom stereocenters. The molecule has 1 aliphatic rings. The van der Waals surface area contributed by atoms with E-state index in [0.717, 1.165) is 37.4 Å². The number of hydrogen-bond donors (Lipinski definition) is 1. The minimum atomic E-state index is -0.261. The van der Waals surface area contributed by atoms with Crippen LogP contribution in [-0.4, -0.2) is 68.4 Å². The third-order valence-corrected chi connectivity index (χ3v) is 6.59. The Morgan fingerprint density at radius 2 is 1.85 bits per heavy atom. The van der Waals surface area contributed by atoms with Gasteiger partial charge in [0, 0.05) is 36.5 Å². The topological polar surface area (TPSA) is 82.8 Å². The molecule has 33 heavy (non-hydrogen) atoms. The van der Waals surface area contributed by atoms with Gasteiger partial charge in [0.2, 0.25) is 5.91 Å². The van der Waals surface area contributed by atoms with Crippen molar-refractivity contribution in [3.05, 3.63) is 60.0 Å². The summed E-state index contributed by atoms with van der Waals surface area (Å²) in [6, 6.07) is 12.8. The van der Waals surface area contributed by atoms with Gasteiger partial charge in [-0.2, -0.15) is 0 Å². The predicted molar refractivity (Wildman–Crippen MR) is 128 cm³/mol. The number of likely N-dealkylation sites (tertiary alicyclic amines) is 1. The van der Waals surface area contributed by atoms with Gasteiger partial charge >= 0.3 is 0 Å². The molecule has 0 bridgehead atoms. The number of piperidine rings is 1. The molecule has 0 saturated carbocycles. The van der Waals surface area contributed by atoms with E-state index in [1.54, 1.807) is 17.0 Å². The van der Waals surface area contributed by atoms with Crippen molar-refractivity contribution in [2.24, 2.45) is 0 Å². The van der Waals surface area contributed by atoms with E-state index in [9.17, 15) is 9.59 Å². The molecule has 1 fully saturated rings. The van der Waals surface area contributed by atoms with E-state index in [-0.39, 0.29) is 17.9 Å². The SMILES string of the molecule is CCN(CC)C(=O)c1cccc(NC(=O)C(C)N2CCC(c3nnc4ccccn34)CC2)c1. The highest BCUT2D eigenvalue weighted by Gasteiger charge is 2.29. The van der Waals surface area contributed by atoms with Crippen LogP contribution in [0.5, 0.6) is 0 Å². The molecular formula is C25H32N6O2. The van der Waals surface area contributed by atoms with E-state index < -0.39 is 0 Å². The Kier molecular flexibility index (Phi) is 7.03. The lowest BCUT2D eigenvalue weighted by molar-refractivity contribution is -0.121. The Balaban J connectivity index is 1.36. The molecule has 2 aromatic heterocycles. The smallest absolute Gasteiger partial charge is 0.253 e. The van der Waals surface area contributed by atoms with Gasteiger partial charge in [0.1, 0.15) is 5.82 Å². The number of anilines is 1. The molecule has 8 nitrogen and oxygen atoms in total. The molecule has 0 spiro atoms. The Labute approximate surface area is 194 Å². The van der Waals surface area contributed by atoms with Crippen LogP contribution in [0.4, 0.5) is 5.69 Å². The number of benzene rings is 1. The summed E-state index contributed by atoms with van der Waals surface area (Å²) in [7, 11) is 0. The van der Waals surface area contributed by atoms with Crippen LogP contribution in [0.3, 0.4) is 0 Å². The highest BCUT2D eigenvalue weighted by atomic mass is 16.2. The van der Waals surface area contributed by atoms with Crippen molar-refractivity contribution < 1.29 is 9.59 Å². The summed E-state index contributed by atoms with van der Waals surface area (Å²) in [6.07, 6.45) is 3.87. The summed E-state index contributed by atoms with van der Waals surface area (Å²) in [6.45, 7) is 8.82. The fraction of sp³-hybridized carbons (Fsp3) is 0.440. The Hall–Kier alpha value is -3.26. The van der Waals surface area contributed by atoms with E-state index >= 15 is 0 Å². The number of fused-ring (bicyclic) bond motifs is 1. The zero-order valence-corrected chi connectivity index (χ0v) is 19.6. The van der Waals surface area contributed by atoms with E-state index in [4.69, 9.17) is 0 Å². The third-order valence-electron chi connectivity index (χ3n) is 6.59.